The average Bonchev–Trinajstić information content (AvgIpc) is 2.80. The number of piperidine rings is 1. The third-order valence-electron chi connectivity index (χ3n) is 6.53. The van der Waals surface area contributed by atoms with Gasteiger partial charge >= 0.3 is 0 Å². The molecule has 0 aliphatic carbocycles. The largest absolute Gasteiger partial charge is 0.381 e. The highest BCUT2D eigenvalue weighted by Crippen LogP contribution is 2.34. The number of rotatable bonds is 5. The molecule has 5 nitrogen and oxygen atoms in total. The van der Waals surface area contributed by atoms with Crippen LogP contribution in [0.1, 0.15) is 44.6 Å². The van der Waals surface area contributed by atoms with E-state index in [2.05, 4.69) is 69.9 Å². The van der Waals surface area contributed by atoms with Gasteiger partial charge < -0.3 is 20.3 Å². The fourth-order valence-electron chi connectivity index (χ4n) is 4.61. The third kappa shape index (κ3) is 4.93. The second kappa shape index (κ2) is 9.75. The molecule has 1 aromatic carbocycles. The first-order chi connectivity index (χ1) is 14.7. The summed E-state index contributed by atoms with van der Waals surface area (Å²) in [5.41, 5.74) is 2.32. The summed E-state index contributed by atoms with van der Waals surface area (Å²) in [4.78, 5) is 7.08. The van der Waals surface area contributed by atoms with Crippen molar-refractivity contribution >= 4 is 28.8 Å². The molecule has 1 atom stereocenters. The van der Waals surface area contributed by atoms with Crippen molar-refractivity contribution in [3.63, 3.8) is 0 Å². The fraction of sp³-hybridized carbons (Fsp3) is 0.500. The number of nitrogens with one attached hydrogen (secondary N) is 2. The van der Waals surface area contributed by atoms with Gasteiger partial charge in [0.05, 0.1) is 11.9 Å². The quantitative estimate of drug-likeness (QED) is 0.690. The van der Waals surface area contributed by atoms with Crippen molar-refractivity contribution in [1.29, 1.82) is 0 Å². The van der Waals surface area contributed by atoms with Gasteiger partial charge in [-0.1, -0.05) is 30.3 Å². The van der Waals surface area contributed by atoms with Crippen LogP contribution in [0.5, 0.6) is 0 Å². The Morgan fingerprint density at radius 2 is 1.97 bits per heavy atom. The highest BCUT2D eigenvalue weighted by Gasteiger charge is 2.34. The lowest BCUT2D eigenvalue weighted by Crippen LogP contribution is -2.45. The maximum absolute atomic E-state index is 5.63. The molecule has 2 aliphatic rings. The topological polar surface area (TPSA) is 49.4 Å². The number of hydrogen-bond donors (Lipinski definition) is 2. The van der Waals surface area contributed by atoms with Gasteiger partial charge in [0, 0.05) is 37.8 Å². The first kappa shape index (κ1) is 21.1. The summed E-state index contributed by atoms with van der Waals surface area (Å²) in [6.45, 7) is 5.74. The molecule has 2 saturated heterocycles. The first-order valence-corrected chi connectivity index (χ1v) is 11.5. The lowest BCUT2D eigenvalue weighted by molar-refractivity contribution is 0.0515. The molecule has 160 valence electrons. The van der Waals surface area contributed by atoms with Crippen LogP contribution in [-0.4, -0.2) is 42.4 Å². The molecule has 2 aromatic rings. The molecule has 0 spiro atoms. The van der Waals surface area contributed by atoms with Gasteiger partial charge in [-0.25, -0.2) is 4.98 Å². The van der Waals surface area contributed by atoms with E-state index in [1.54, 1.807) is 0 Å². The van der Waals surface area contributed by atoms with Crippen molar-refractivity contribution in [3.05, 3.63) is 54.2 Å². The van der Waals surface area contributed by atoms with Crippen LogP contribution in [0, 0.1) is 0 Å². The highest BCUT2D eigenvalue weighted by atomic mass is 32.1. The molecular weight excluding hydrogens is 392 g/mol. The highest BCUT2D eigenvalue weighted by molar-refractivity contribution is 7.80. The standard InChI is InChI=1S/C24H32N4OS/c1-19-7-5-6-14-28(19)22-11-10-21(17-25-22)27-23(30)26-18-24(12-15-29-16-13-24)20-8-3-2-4-9-20/h2-4,8-11,17,19H,5-7,12-16,18H2,1H3,(H2,26,27,30)/t19-/m0/s1. The Labute approximate surface area is 185 Å². The van der Waals surface area contributed by atoms with Gasteiger partial charge in [0.1, 0.15) is 5.82 Å². The van der Waals surface area contributed by atoms with Crippen LogP contribution in [0.4, 0.5) is 11.5 Å². The van der Waals surface area contributed by atoms with Crippen LogP contribution in [0.25, 0.3) is 0 Å². The van der Waals surface area contributed by atoms with Crippen LogP contribution < -0.4 is 15.5 Å². The van der Waals surface area contributed by atoms with Crippen LogP contribution in [0.15, 0.2) is 48.7 Å². The molecule has 3 heterocycles. The third-order valence-corrected chi connectivity index (χ3v) is 6.77. The number of nitrogens with zero attached hydrogens (tertiary/aromatic N) is 2. The second-order valence-corrected chi connectivity index (χ2v) is 8.92. The minimum atomic E-state index is 0.0533. The van der Waals surface area contributed by atoms with Gasteiger partial charge in [0.2, 0.25) is 0 Å². The predicted octanol–water partition coefficient (Wildman–Crippen LogP) is 4.50. The zero-order valence-electron chi connectivity index (χ0n) is 17.8. The van der Waals surface area contributed by atoms with Crippen molar-refractivity contribution in [2.75, 3.05) is 36.5 Å². The number of aromatic nitrogens is 1. The Morgan fingerprint density at radius 3 is 2.67 bits per heavy atom. The fourth-order valence-corrected chi connectivity index (χ4v) is 4.80. The van der Waals surface area contributed by atoms with E-state index in [9.17, 15) is 0 Å². The van der Waals surface area contributed by atoms with E-state index in [0.717, 1.165) is 50.7 Å². The van der Waals surface area contributed by atoms with Crippen molar-refractivity contribution in [2.45, 2.75) is 50.5 Å². The number of pyridine rings is 1. The second-order valence-electron chi connectivity index (χ2n) is 8.51. The van der Waals surface area contributed by atoms with Gasteiger partial charge in [-0.2, -0.15) is 0 Å². The summed E-state index contributed by atoms with van der Waals surface area (Å²) in [7, 11) is 0. The Morgan fingerprint density at radius 1 is 1.17 bits per heavy atom. The lowest BCUT2D eigenvalue weighted by Gasteiger charge is -2.38. The molecular formula is C24H32N4OS. The Bertz CT molecular complexity index is 821. The molecule has 2 fully saturated rings. The van der Waals surface area contributed by atoms with Crippen LogP contribution >= 0.6 is 12.2 Å². The Balaban J connectivity index is 1.36. The van der Waals surface area contributed by atoms with Crippen molar-refractivity contribution in [1.82, 2.24) is 10.3 Å². The predicted molar refractivity (Wildman–Crippen MR) is 127 cm³/mol. The molecule has 0 radical (unpaired) electrons. The van der Waals surface area contributed by atoms with Crippen LogP contribution in [0.3, 0.4) is 0 Å². The number of ether oxygens (including phenoxy) is 1. The van der Waals surface area contributed by atoms with Crippen molar-refractivity contribution in [3.8, 4) is 0 Å². The average molecular weight is 425 g/mol. The molecule has 0 amide bonds. The molecule has 2 N–H and O–H groups in total. The van der Waals surface area contributed by atoms with E-state index in [0.29, 0.717) is 11.2 Å². The summed E-state index contributed by atoms with van der Waals surface area (Å²) in [5.74, 6) is 1.05. The molecule has 0 saturated carbocycles. The zero-order chi connectivity index (χ0) is 20.8. The normalized spacial score (nSPS) is 21.1. The van der Waals surface area contributed by atoms with Gasteiger partial charge in [0.15, 0.2) is 5.11 Å². The van der Waals surface area contributed by atoms with E-state index in [1.165, 1.54) is 24.8 Å². The lowest BCUT2D eigenvalue weighted by atomic mass is 9.74. The van der Waals surface area contributed by atoms with Crippen molar-refractivity contribution < 1.29 is 4.74 Å². The summed E-state index contributed by atoms with van der Waals surface area (Å²) >= 11 is 5.59. The van der Waals surface area contributed by atoms with E-state index >= 15 is 0 Å². The maximum atomic E-state index is 5.63. The Hall–Kier alpha value is -2.18. The molecule has 4 rings (SSSR count). The first-order valence-electron chi connectivity index (χ1n) is 11.1. The van der Waals surface area contributed by atoms with Gasteiger partial charge in [-0.15, -0.1) is 0 Å². The summed E-state index contributed by atoms with van der Waals surface area (Å²) in [6, 6.07) is 15.4. The molecule has 2 aliphatic heterocycles. The van der Waals surface area contributed by atoms with E-state index in [4.69, 9.17) is 17.0 Å². The van der Waals surface area contributed by atoms with Crippen molar-refractivity contribution in [2.24, 2.45) is 0 Å². The number of anilines is 2. The molecule has 1 aromatic heterocycles. The smallest absolute Gasteiger partial charge is 0.170 e. The van der Waals surface area contributed by atoms with E-state index < -0.39 is 0 Å². The summed E-state index contributed by atoms with van der Waals surface area (Å²) in [5, 5.41) is 7.39. The monoisotopic (exact) mass is 424 g/mol. The molecule has 0 bridgehead atoms. The molecule has 30 heavy (non-hydrogen) atoms. The van der Waals surface area contributed by atoms with Gasteiger partial charge in [-0.3, -0.25) is 0 Å². The number of thiocarbonyl (C=S) groups is 1. The maximum Gasteiger partial charge on any atom is 0.170 e. The van der Waals surface area contributed by atoms with Crippen LogP contribution in [-0.2, 0) is 10.2 Å². The minimum Gasteiger partial charge on any atom is -0.381 e. The molecule has 0 unspecified atom stereocenters. The number of benzene rings is 1. The Kier molecular flexibility index (Phi) is 6.85. The van der Waals surface area contributed by atoms with E-state index in [-0.39, 0.29) is 5.41 Å². The number of hydrogen-bond acceptors (Lipinski definition) is 4. The minimum absolute atomic E-state index is 0.0533. The van der Waals surface area contributed by atoms with E-state index in [1.807, 2.05) is 6.20 Å². The van der Waals surface area contributed by atoms with Gasteiger partial charge in [0.25, 0.3) is 0 Å². The zero-order valence-corrected chi connectivity index (χ0v) is 18.6. The summed E-state index contributed by atoms with van der Waals surface area (Å²) < 4.78 is 5.63. The van der Waals surface area contributed by atoms with Gasteiger partial charge in [-0.05, 0) is 68.9 Å². The molecule has 6 heteroatoms. The SMILES string of the molecule is C[C@H]1CCCCN1c1ccc(NC(=S)NCC2(c3ccccc3)CCOCC2)cn1. The van der Waals surface area contributed by atoms with Crippen LogP contribution in [0.2, 0.25) is 0 Å². The summed E-state index contributed by atoms with van der Waals surface area (Å²) in [6.07, 6.45) is 7.67.